The monoisotopic (exact) mass is 568 g/mol. The summed E-state index contributed by atoms with van der Waals surface area (Å²) in [6.07, 6.45) is 1.48. The fourth-order valence-electron chi connectivity index (χ4n) is 4.88. The van der Waals surface area contributed by atoms with E-state index in [1.54, 1.807) is 12.1 Å². The molecule has 2 fully saturated rings. The largest absolute Gasteiger partial charge is 0.497 e. The number of hydrogen-bond acceptors (Lipinski definition) is 7. The van der Waals surface area contributed by atoms with Gasteiger partial charge in [-0.3, -0.25) is 33.8 Å². The van der Waals surface area contributed by atoms with Crippen LogP contribution in [0.15, 0.2) is 36.9 Å². The number of Topliss-reactive ketones (excluding diaryl/α,β-unsaturated/α-hetero) is 1. The number of amides is 4. The van der Waals surface area contributed by atoms with Gasteiger partial charge >= 0.3 is 11.7 Å². The second-order valence-corrected chi connectivity index (χ2v) is 9.65. The summed E-state index contributed by atoms with van der Waals surface area (Å²) in [7, 11) is 1.45. The Labute approximate surface area is 235 Å². The third-order valence-corrected chi connectivity index (χ3v) is 6.96. The summed E-state index contributed by atoms with van der Waals surface area (Å²) in [5.74, 6) is -5.69. The van der Waals surface area contributed by atoms with Crippen molar-refractivity contribution in [2.75, 3.05) is 13.7 Å². The number of aliphatic carboxylic acids is 1. The van der Waals surface area contributed by atoms with Crippen molar-refractivity contribution in [3.63, 3.8) is 0 Å². The normalized spacial score (nSPS) is 20.0. The average molecular weight is 569 g/mol. The number of carboxylic acid groups (broad SMARTS) is 1. The molecule has 0 spiro atoms. The van der Waals surface area contributed by atoms with Gasteiger partial charge < -0.3 is 26.0 Å². The van der Waals surface area contributed by atoms with Crippen LogP contribution in [0.5, 0.6) is 5.75 Å². The molecule has 0 aromatic heterocycles. The zero-order chi connectivity index (χ0) is 30.3. The lowest BCUT2D eigenvalue weighted by Crippen LogP contribution is -2.65. The Kier molecular flexibility index (Phi) is 10.1. The minimum atomic E-state index is -1.62. The summed E-state index contributed by atoms with van der Waals surface area (Å²) in [6.45, 7) is 4.71. The van der Waals surface area contributed by atoms with E-state index in [9.17, 15) is 39.4 Å². The Balaban J connectivity index is 1.88. The van der Waals surface area contributed by atoms with Gasteiger partial charge in [-0.1, -0.05) is 12.1 Å². The summed E-state index contributed by atoms with van der Waals surface area (Å²) >= 11 is 0. The molecule has 4 amide bonds. The second kappa shape index (κ2) is 13.5. The van der Waals surface area contributed by atoms with Crippen LogP contribution >= 0.6 is 0 Å². The summed E-state index contributed by atoms with van der Waals surface area (Å²) in [6, 6.07) is 2.26. The SMILES string of the molecule is C=CCC(C(=O)O)C(=[N+]=[N-])[C@H](NC(=O)[C@@H]1CCCN2C(=O)CC[C@H](NC(=O)c3cccc(OC)c3)C(=O)N12)C(C)=O. The molecule has 14 heteroatoms. The number of carbonyl (C=O) groups is 6. The van der Waals surface area contributed by atoms with Crippen molar-refractivity contribution >= 4 is 41.1 Å². The molecule has 0 bridgehead atoms. The zero-order valence-corrected chi connectivity index (χ0v) is 22.7. The fraction of sp³-hybridized carbons (Fsp3) is 0.444. The molecule has 2 saturated heterocycles. The molecular weight excluding hydrogens is 536 g/mol. The molecule has 2 aliphatic rings. The van der Waals surface area contributed by atoms with E-state index in [4.69, 9.17) is 4.74 Å². The molecule has 3 rings (SSSR count). The quantitative estimate of drug-likeness (QED) is 0.147. The Morgan fingerprint density at radius 3 is 2.61 bits per heavy atom. The van der Waals surface area contributed by atoms with Crippen molar-refractivity contribution < 1.29 is 43.4 Å². The number of ether oxygens (including phenoxy) is 1. The summed E-state index contributed by atoms with van der Waals surface area (Å²) in [5.41, 5.74) is 9.30. The minimum absolute atomic E-state index is 0.00600. The van der Waals surface area contributed by atoms with E-state index in [1.165, 1.54) is 25.3 Å². The van der Waals surface area contributed by atoms with Crippen molar-refractivity contribution in [2.24, 2.45) is 5.92 Å². The van der Waals surface area contributed by atoms with Crippen LogP contribution in [-0.4, -0.2) is 92.8 Å². The summed E-state index contributed by atoms with van der Waals surface area (Å²) in [5, 5.41) is 16.8. The van der Waals surface area contributed by atoms with Gasteiger partial charge in [-0.15, -0.1) is 6.58 Å². The lowest BCUT2D eigenvalue weighted by molar-refractivity contribution is -0.176. The number of hydrazine groups is 1. The Morgan fingerprint density at radius 1 is 1.27 bits per heavy atom. The molecule has 1 unspecified atom stereocenters. The maximum atomic E-state index is 13.7. The molecule has 0 radical (unpaired) electrons. The molecule has 14 nitrogen and oxygen atoms in total. The average Bonchev–Trinajstić information content (AvgIpc) is 3.08. The van der Waals surface area contributed by atoms with E-state index in [1.807, 2.05) is 0 Å². The minimum Gasteiger partial charge on any atom is -0.497 e. The summed E-state index contributed by atoms with van der Waals surface area (Å²) in [4.78, 5) is 80.4. The van der Waals surface area contributed by atoms with E-state index in [0.717, 1.165) is 16.9 Å². The first kappa shape index (κ1) is 30.7. The van der Waals surface area contributed by atoms with Crippen LogP contribution in [0.2, 0.25) is 0 Å². The van der Waals surface area contributed by atoms with Crippen molar-refractivity contribution in [3.8, 4) is 5.75 Å². The molecule has 2 aliphatic heterocycles. The first-order chi connectivity index (χ1) is 19.5. The Hall–Kier alpha value is -4.84. The van der Waals surface area contributed by atoms with Crippen molar-refractivity contribution in [1.82, 2.24) is 20.7 Å². The zero-order valence-electron chi connectivity index (χ0n) is 22.7. The van der Waals surface area contributed by atoms with E-state index >= 15 is 0 Å². The van der Waals surface area contributed by atoms with Crippen molar-refractivity contribution in [2.45, 2.75) is 57.2 Å². The summed E-state index contributed by atoms with van der Waals surface area (Å²) < 4.78 is 5.14. The molecule has 4 atom stereocenters. The molecule has 2 heterocycles. The third-order valence-electron chi connectivity index (χ3n) is 6.96. The molecule has 3 N–H and O–H groups in total. The topological polar surface area (TPSA) is 199 Å². The standard InChI is InChI=1S/C27H32N6O8/c1-4-7-18(27(39)40)23(31-28)22(15(2)34)30-25(37)20-10-6-13-32-21(35)12-11-19(26(38)33(20)32)29-24(36)16-8-5-9-17(14-16)41-3/h4-5,8-9,14,18-20,22H,1,6-7,10-13H2,2-3H3,(H,29,36)(H,30,37)(H,39,40)/t18?,19-,20-,22+/m0/s1. The molecule has 1 aromatic carbocycles. The molecule has 0 saturated carbocycles. The highest BCUT2D eigenvalue weighted by molar-refractivity contribution is 6.14. The number of carbonyl (C=O) groups excluding carboxylic acids is 5. The van der Waals surface area contributed by atoms with Crippen LogP contribution in [0.3, 0.4) is 0 Å². The number of benzene rings is 1. The maximum Gasteiger partial charge on any atom is 0.318 e. The fourth-order valence-corrected chi connectivity index (χ4v) is 4.88. The smallest absolute Gasteiger partial charge is 0.318 e. The van der Waals surface area contributed by atoms with Crippen LogP contribution in [0.1, 0.15) is 49.4 Å². The Morgan fingerprint density at radius 2 is 2.00 bits per heavy atom. The highest BCUT2D eigenvalue weighted by atomic mass is 16.5. The number of hydrogen-bond donors (Lipinski definition) is 3. The van der Waals surface area contributed by atoms with Gasteiger partial charge in [0.15, 0.2) is 17.7 Å². The maximum absolute atomic E-state index is 13.7. The third kappa shape index (κ3) is 6.84. The first-order valence-electron chi connectivity index (χ1n) is 13.0. The van der Waals surface area contributed by atoms with Crippen LogP contribution < -0.4 is 15.4 Å². The first-order valence-corrected chi connectivity index (χ1v) is 13.0. The highest BCUT2D eigenvalue weighted by Gasteiger charge is 2.47. The molecule has 41 heavy (non-hydrogen) atoms. The van der Waals surface area contributed by atoms with E-state index in [2.05, 4.69) is 22.0 Å². The van der Waals surface area contributed by atoms with E-state index in [-0.39, 0.29) is 37.8 Å². The van der Waals surface area contributed by atoms with Gasteiger partial charge in [0.1, 0.15) is 17.8 Å². The number of nitrogens with zero attached hydrogens (tertiary/aromatic N) is 4. The van der Waals surface area contributed by atoms with Crippen molar-refractivity contribution in [1.29, 1.82) is 0 Å². The lowest BCUT2D eigenvalue weighted by Gasteiger charge is -2.43. The Bertz CT molecular complexity index is 1310. The predicted octanol–water partition coefficient (Wildman–Crippen LogP) is 0.344. The van der Waals surface area contributed by atoms with E-state index < -0.39 is 65.1 Å². The number of fused-ring (bicyclic) bond motifs is 1. The highest BCUT2D eigenvalue weighted by Crippen LogP contribution is 2.26. The van der Waals surface area contributed by atoms with Gasteiger partial charge in [0, 0.05) is 18.5 Å². The number of carboxylic acids is 1. The van der Waals surface area contributed by atoms with Gasteiger partial charge in [-0.25, -0.2) is 5.01 Å². The lowest BCUT2D eigenvalue weighted by atomic mass is 9.91. The van der Waals surface area contributed by atoms with Gasteiger partial charge in [-0.2, -0.15) is 4.79 Å². The van der Waals surface area contributed by atoms with Crippen molar-refractivity contribution in [3.05, 3.63) is 48.0 Å². The van der Waals surface area contributed by atoms with Crippen LogP contribution in [-0.2, 0) is 24.0 Å². The van der Waals surface area contributed by atoms with E-state index in [0.29, 0.717) is 12.2 Å². The molecular formula is C27H32N6O8. The van der Waals surface area contributed by atoms with Crippen LogP contribution in [0, 0.1) is 5.92 Å². The molecule has 218 valence electrons. The number of allylic oxidation sites excluding steroid dienone is 1. The number of methoxy groups -OCH3 is 1. The number of nitrogens with one attached hydrogen (secondary N) is 2. The van der Waals surface area contributed by atoms with Gasteiger partial charge in [0.2, 0.25) is 11.8 Å². The van der Waals surface area contributed by atoms with Gasteiger partial charge in [0.25, 0.3) is 11.8 Å². The number of ketones is 1. The van der Waals surface area contributed by atoms with Crippen LogP contribution in [0.25, 0.3) is 5.53 Å². The predicted molar refractivity (Wildman–Crippen MR) is 142 cm³/mol. The second-order valence-electron chi connectivity index (χ2n) is 9.65. The van der Waals surface area contributed by atoms with Gasteiger partial charge in [0.05, 0.1) is 7.11 Å². The molecule has 0 aliphatic carbocycles. The van der Waals surface area contributed by atoms with Crippen LogP contribution in [0.4, 0.5) is 0 Å². The number of rotatable bonds is 11. The van der Waals surface area contributed by atoms with Gasteiger partial charge in [-0.05, 0) is 50.8 Å². The molecule has 1 aromatic rings.